The fourth-order valence-electron chi connectivity index (χ4n) is 4.79. The highest BCUT2D eigenvalue weighted by molar-refractivity contribution is 5.76. The maximum absolute atomic E-state index is 12.2. The van der Waals surface area contributed by atoms with Crippen LogP contribution in [-0.4, -0.2) is 46.1 Å². The van der Waals surface area contributed by atoms with E-state index in [1.807, 2.05) is 0 Å². The summed E-state index contributed by atoms with van der Waals surface area (Å²) in [5, 5.41) is 33.1. The van der Waals surface area contributed by atoms with E-state index >= 15 is 0 Å². The number of aliphatic hydroxyl groups excluding tert-OH is 3. The van der Waals surface area contributed by atoms with Crippen LogP contribution in [0.5, 0.6) is 0 Å². The van der Waals surface area contributed by atoms with Crippen LogP contribution in [0.1, 0.15) is 162 Å². The van der Waals surface area contributed by atoms with Crippen LogP contribution in [0.15, 0.2) is 12.2 Å². The van der Waals surface area contributed by atoms with Gasteiger partial charge in [0.15, 0.2) is 0 Å². The summed E-state index contributed by atoms with van der Waals surface area (Å²) in [6.07, 6.45) is 28.6. The van der Waals surface area contributed by atoms with Gasteiger partial charge in [0.2, 0.25) is 5.91 Å². The van der Waals surface area contributed by atoms with Gasteiger partial charge >= 0.3 is 0 Å². The molecule has 0 aliphatic heterocycles. The van der Waals surface area contributed by atoms with E-state index in [2.05, 4.69) is 31.3 Å². The largest absolute Gasteiger partial charge is 0.394 e. The number of nitrogens with one attached hydrogen (secondary N) is 1. The topological polar surface area (TPSA) is 89.8 Å². The number of hydrogen-bond acceptors (Lipinski definition) is 4. The van der Waals surface area contributed by atoms with Gasteiger partial charge in [0.1, 0.15) is 6.10 Å². The van der Waals surface area contributed by atoms with Gasteiger partial charge < -0.3 is 20.6 Å². The van der Waals surface area contributed by atoms with Crippen LogP contribution in [-0.2, 0) is 4.79 Å². The fourth-order valence-corrected chi connectivity index (χ4v) is 4.79. The number of hydrogen-bond donors (Lipinski definition) is 4. The van der Waals surface area contributed by atoms with Crippen molar-refractivity contribution in [3.05, 3.63) is 12.2 Å². The van der Waals surface area contributed by atoms with Crippen molar-refractivity contribution < 1.29 is 20.1 Å². The van der Waals surface area contributed by atoms with E-state index in [4.69, 9.17) is 0 Å². The van der Waals surface area contributed by atoms with E-state index in [1.54, 1.807) is 0 Å². The van der Waals surface area contributed by atoms with Crippen molar-refractivity contribution in [2.75, 3.05) is 6.61 Å². The van der Waals surface area contributed by atoms with E-state index in [-0.39, 0.29) is 12.5 Å². The second-order valence-corrected chi connectivity index (χ2v) is 11.0. The smallest absolute Gasteiger partial charge is 0.220 e. The SMILES string of the molecule is CCCC/C=C\CCCCCCCC(=O)NC(CO)C(O)C(O)CCCCCCCCCCCCCC. The number of amides is 1. The number of rotatable bonds is 28. The minimum atomic E-state index is -1.13. The summed E-state index contributed by atoms with van der Waals surface area (Å²) in [6.45, 7) is 4.10. The summed E-state index contributed by atoms with van der Waals surface area (Å²) in [5.74, 6) is -0.158. The third-order valence-electron chi connectivity index (χ3n) is 7.37. The lowest BCUT2D eigenvalue weighted by Crippen LogP contribution is -2.50. The van der Waals surface area contributed by atoms with Gasteiger partial charge in [-0.05, 0) is 32.1 Å². The molecule has 0 fully saturated rings. The molecule has 0 aliphatic rings. The minimum absolute atomic E-state index is 0.158. The Kier molecular flexibility index (Phi) is 27.4. The van der Waals surface area contributed by atoms with E-state index in [0.29, 0.717) is 12.8 Å². The third kappa shape index (κ3) is 23.9. The molecular weight excluding hydrogens is 462 g/mol. The van der Waals surface area contributed by atoms with Crippen molar-refractivity contribution in [3.63, 3.8) is 0 Å². The normalized spacial score (nSPS) is 14.2. The first-order chi connectivity index (χ1) is 18.1. The van der Waals surface area contributed by atoms with E-state index in [0.717, 1.165) is 44.9 Å². The van der Waals surface area contributed by atoms with Crippen LogP contribution in [0, 0.1) is 0 Å². The molecule has 220 valence electrons. The molecule has 0 heterocycles. The van der Waals surface area contributed by atoms with E-state index in [9.17, 15) is 20.1 Å². The molecule has 0 aliphatic carbocycles. The number of carbonyl (C=O) groups is 1. The predicted octanol–water partition coefficient (Wildman–Crippen LogP) is 7.75. The van der Waals surface area contributed by atoms with Gasteiger partial charge in [-0.25, -0.2) is 0 Å². The van der Waals surface area contributed by atoms with Crippen LogP contribution in [0.2, 0.25) is 0 Å². The first kappa shape index (κ1) is 36.1. The molecule has 4 N–H and O–H groups in total. The van der Waals surface area contributed by atoms with Crippen molar-refractivity contribution in [2.24, 2.45) is 0 Å². The molecule has 0 aromatic rings. The Morgan fingerprint density at radius 1 is 0.649 bits per heavy atom. The van der Waals surface area contributed by atoms with Crippen molar-refractivity contribution in [1.82, 2.24) is 5.32 Å². The summed E-state index contributed by atoms with van der Waals surface area (Å²) in [7, 11) is 0. The van der Waals surface area contributed by atoms with Crippen LogP contribution in [0.3, 0.4) is 0 Å². The zero-order chi connectivity index (χ0) is 27.4. The second-order valence-electron chi connectivity index (χ2n) is 11.0. The van der Waals surface area contributed by atoms with Crippen molar-refractivity contribution in [3.8, 4) is 0 Å². The number of aliphatic hydroxyl groups is 3. The van der Waals surface area contributed by atoms with E-state index < -0.39 is 18.2 Å². The van der Waals surface area contributed by atoms with Crippen molar-refractivity contribution in [1.29, 1.82) is 0 Å². The average molecular weight is 526 g/mol. The van der Waals surface area contributed by atoms with Gasteiger partial charge in [0.25, 0.3) is 0 Å². The molecule has 5 nitrogen and oxygen atoms in total. The first-order valence-electron chi connectivity index (χ1n) is 16.0. The molecule has 0 spiro atoms. The fraction of sp³-hybridized carbons (Fsp3) is 0.906. The molecule has 0 bridgehead atoms. The molecule has 3 unspecified atom stereocenters. The van der Waals surface area contributed by atoms with Gasteiger partial charge in [-0.1, -0.05) is 135 Å². The Bertz CT molecular complexity index is 511. The molecule has 37 heavy (non-hydrogen) atoms. The van der Waals surface area contributed by atoms with E-state index in [1.165, 1.54) is 89.9 Å². The maximum atomic E-state index is 12.2. The molecule has 0 saturated carbocycles. The predicted molar refractivity (Wildman–Crippen MR) is 158 cm³/mol. The lowest BCUT2D eigenvalue weighted by atomic mass is 9.99. The Labute approximate surface area is 229 Å². The van der Waals surface area contributed by atoms with Crippen LogP contribution >= 0.6 is 0 Å². The molecule has 5 heteroatoms. The highest BCUT2D eigenvalue weighted by Crippen LogP contribution is 2.15. The maximum Gasteiger partial charge on any atom is 0.220 e. The highest BCUT2D eigenvalue weighted by atomic mass is 16.3. The molecular formula is C32H63NO4. The zero-order valence-electron chi connectivity index (χ0n) is 24.6. The molecule has 0 rings (SSSR count). The average Bonchev–Trinajstić information content (AvgIpc) is 2.90. The Morgan fingerprint density at radius 2 is 1.11 bits per heavy atom. The van der Waals surface area contributed by atoms with Gasteiger partial charge in [0.05, 0.1) is 18.8 Å². The van der Waals surface area contributed by atoms with Gasteiger partial charge in [-0.15, -0.1) is 0 Å². The number of allylic oxidation sites excluding steroid dienone is 2. The molecule has 0 radical (unpaired) electrons. The lowest BCUT2D eigenvalue weighted by molar-refractivity contribution is -0.124. The summed E-state index contributed by atoms with van der Waals surface area (Å²) in [4.78, 5) is 12.2. The summed E-state index contributed by atoms with van der Waals surface area (Å²) < 4.78 is 0. The number of carbonyl (C=O) groups excluding carboxylic acids is 1. The Morgan fingerprint density at radius 3 is 1.65 bits per heavy atom. The standard InChI is InChI=1S/C32H63NO4/c1-3-5-7-9-11-13-15-17-18-20-22-24-26-30(35)32(37)29(28-34)33-31(36)27-25-23-21-19-16-14-12-10-8-6-4-2/h10,12,29-30,32,34-35,37H,3-9,11,13-28H2,1-2H3,(H,33,36)/b12-10-. The summed E-state index contributed by atoms with van der Waals surface area (Å²) >= 11 is 0. The monoisotopic (exact) mass is 525 g/mol. The van der Waals surface area contributed by atoms with Crippen LogP contribution < -0.4 is 5.32 Å². The first-order valence-corrected chi connectivity index (χ1v) is 16.0. The minimum Gasteiger partial charge on any atom is -0.394 e. The van der Waals surface area contributed by atoms with Crippen LogP contribution in [0.4, 0.5) is 0 Å². The Hall–Kier alpha value is -0.910. The van der Waals surface area contributed by atoms with Crippen molar-refractivity contribution >= 4 is 5.91 Å². The molecule has 0 aromatic heterocycles. The second kappa shape index (κ2) is 28.1. The summed E-state index contributed by atoms with van der Waals surface area (Å²) in [6, 6.07) is -0.806. The molecule has 3 atom stereocenters. The quantitative estimate of drug-likeness (QED) is 0.0621. The molecule has 0 aromatic carbocycles. The third-order valence-corrected chi connectivity index (χ3v) is 7.37. The highest BCUT2D eigenvalue weighted by Gasteiger charge is 2.26. The summed E-state index contributed by atoms with van der Waals surface area (Å²) in [5.41, 5.74) is 0. The zero-order valence-corrected chi connectivity index (χ0v) is 24.6. The Balaban J connectivity index is 3.76. The molecule has 0 saturated heterocycles. The van der Waals surface area contributed by atoms with Crippen LogP contribution in [0.25, 0.3) is 0 Å². The van der Waals surface area contributed by atoms with Gasteiger partial charge in [-0.2, -0.15) is 0 Å². The van der Waals surface area contributed by atoms with Crippen molar-refractivity contribution in [2.45, 2.75) is 180 Å². The van der Waals surface area contributed by atoms with Gasteiger partial charge in [0, 0.05) is 6.42 Å². The van der Waals surface area contributed by atoms with Gasteiger partial charge in [-0.3, -0.25) is 4.79 Å². The molecule has 1 amide bonds. The number of unbranched alkanes of at least 4 members (excludes halogenated alkanes) is 18. The lowest BCUT2D eigenvalue weighted by Gasteiger charge is -2.26.